The summed E-state index contributed by atoms with van der Waals surface area (Å²) in [4.78, 5) is 32.6. The van der Waals surface area contributed by atoms with Gasteiger partial charge in [0.05, 0.1) is 17.1 Å². The van der Waals surface area contributed by atoms with E-state index in [4.69, 9.17) is 4.98 Å². The number of pyridine rings is 1. The number of nitrogens with one attached hydrogen (secondary N) is 1. The summed E-state index contributed by atoms with van der Waals surface area (Å²) >= 11 is 0. The van der Waals surface area contributed by atoms with Gasteiger partial charge < -0.3 is 10.2 Å². The second-order valence-electron chi connectivity index (χ2n) is 8.78. The summed E-state index contributed by atoms with van der Waals surface area (Å²) in [7, 11) is 0. The van der Waals surface area contributed by atoms with Crippen molar-refractivity contribution < 1.29 is 9.59 Å². The number of hydrogen-bond donors (Lipinski definition) is 1. The van der Waals surface area contributed by atoms with E-state index in [1.807, 2.05) is 74.5 Å². The topological polar surface area (TPSA) is 80.1 Å². The quantitative estimate of drug-likeness (QED) is 0.479. The van der Waals surface area contributed by atoms with Gasteiger partial charge in [-0.25, -0.2) is 4.98 Å². The van der Waals surface area contributed by atoms with E-state index in [1.54, 1.807) is 9.58 Å². The van der Waals surface area contributed by atoms with E-state index in [0.717, 1.165) is 39.8 Å². The molecule has 34 heavy (non-hydrogen) atoms. The third-order valence-corrected chi connectivity index (χ3v) is 6.35. The smallest absolute Gasteiger partial charge is 0.230 e. The summed E-state index contributed by atoms with van der Waals surface area (Å²) in [5, 5.41) is 8.57. The van der Waals surface area contributed by atoms with Crippen molar-refractivity contribution in [1.29, 1.82) is 0 Å². The molecule has 172 valence electrons. The van der Waals surface area contributed by atoms with Crippen LogP contribution in [0.25, 0.3) is 16.7 Å². The third kappa shape index (κ3) is 3.94. The number of para-hydroxylation sites is 2. The number of benzene rings is 2. The molecule has 1 atom stereocenters. The van der Waals surface area contributed by atoms with Crippen LogP contribution in [0.1, 0.15) is 30.2 Å². The number of amides is 2. The van der Waals surface area contributed by atoms with Crippen LogP contribution in [0, 0.1) is 19.8 Å². The van der Waals surface area contributed by atoms with Crippen LogP contribution in [0.5, 0.6) is 0 Å². The van der Waals surface area contributed by atoms with Gasteiger partial charge in [-0.3, -0.25) is 9.59 Å². The highest BCUT2D eigenvalue weighted by atomic mass is 16.2. The Morgan fingerprint density at radius 2 is 1.91 bits per heavy atom. The first-order valence-corrected chi connectivity index (χ1v) is 11.6. The monoisotopic (exact) mass is 453 g/mol. The fourth-order valence-corrected chi connectivity index (χ4v) is 4.66. The van der Waals surface area contributed by atoms with E-state index in [2.05, 4.69) is 17.3 Å². The van der Waals surface area contributed by atoms with Crippen LogP contribution >= 0.6 is 0 Å². The van der Waals surface area contributed by atoms with Crippen LogP contribution in [0.4, 0.5) is 11.5 Å². The molecule has 0 radical (unpaired) electrons. The average molecular weight is 454 g/mol. The molecule has 0 spiro atoms. The molecule has 5 rings (SSSR count). The van der Waals surface area contributed by atoms with Crippen LogP contribution in [-0.4, -0.2) is 33.1 Å². The fourth-order valence-electron chi connectivity index (χ4n) is 4.66. The predicted octanol–water partition coefficient (Wildman–Crippen LogP) is 4.59. The van der Waals surface area contributed by atoms with Crippen LogP contribution in [0.2, 0.25) is 0 Å². The van der Waals surface area contributed by atoms with E-state index in [-0.39, 0.29) is 18.2 Å². The molecular weight excluding hydrogens is 426 g/mol. The zero-order chi connectivity index (χ0) is 23.8. The average Bonchev–Trinajstić information content (AvgIpc) is 3.40. The van der Waals surface area contributed by atoms with Crippen LogP contribution < -0.4 is 10.2 Å². The van der Waals surface area contributed by atoms with Crippen molar-refractivity contribution in [3.63, 3.8) is 0 Å². The number of carbonyl (C=O) groups excluding carboxylic acids is 2. The van der Waals surface area contributed by atoms with Crippen molar-refractivity contribution in [2.75, 3.05) is 16.8 Å². The fraction of sp³-hybridized carbons (Fsp3) is 0.259. The normalized spacial score (nSPS) is 15.8. The van der Waals surface area contributed by atoms with Crippen molar-refractivity contribution in [2.24, 2.45) is 5.92 Å². The second kappa shape index (κ2) is 8.74. The number of rotatable bonds is 5. The Labute approximate surface area is 198 Å². The maximum atomic E-state index is 13.2. The molecule has 1 saturated heterocycles. The Balaban J connectivity index is 1.39. The standard InChI is InChI=1S/C27H27N5O2/c1-4-19-10-7-8-17(2)26(19)31-16-21(15-25(31)33)27(34)29-24-14-18(3)30-32(24)23-13-12-20-9-5-6-11-22(20)28-23/h5-14,21H,4,15-16H2,1-3H3,(H,29,34). The van der Waals surface area contributed by atoms with Gasteiger partial charge in [-0.15, -0.1) is 0 Å². The van der Waals surface area contributed by atoms with Gasteiger partial charge in [0.25, 0.3) is 0 Å². The van der Waals surface area contributed by atoms with Crippen molar-refractivity contribution in [3.8, 4) is 5.82 Å². The minimum atomic E-state index is -0.440. The lowest BCUT2D eigenvalue weighted by Crippen LogP contribution is -2.29. The van der Waals surface area contributed by atoms with Crippen molar-refractivity contribution in [1.82, 2.24) is 14.8 Å². The van der Waals surface area contributed by atoms with Crippen molar-refractivity contribution in [3.05, 3.63) is 77.5 Å². The molecule has 7 nitrogen and oxygen atoms in total. The maximum absolute atomic E-state index is 13.2. The zero-order valence-corrected chi connectivity index (χ0v) is 19.6. The second-order valence-corrected chi connectivity index (χ2v) is 8.78. The predicted molar refractivity (Wildman–Crippen MR) is 133 cm³/mol. The molecule has 3 heterocycles. The van der Waals surface area contributed by atoms with Crippen molar-refractivity contribution >= 4 is 34.2 Å². The molecule has 2 amide bonds. The molecule has 1 unspecified atom stereocenters. The van der Waals surface area contributed by atoms with Gasteiger partial charge in [0.1, 0.15) is 5.82 Å². The lowest BCUT2D eigenvalue weighted by molar-refractivity contribution is -0.122. The summed E-state index contributed by atoms with van der Waals surface area (Å²) < 4.78 is 1.64. The lowest BCUT2D eigenvalue weighted by atomic mass is 10.0. The third-order valence-electron chi connectivity index (χ3n) is 6.35. The van der Waals surface area contributed by atoms with Crippen LogP contribution in [0.15, 0.2) is 60.7 Å². The summed E-state index contributed by atoms with van der Waals surface area (Å²) in [6.07, 6.45) is 1.01. The van der Waals surface area contributed by atoms with Gasteiger partial charge in [-0.2, -0.15) is 9.78 Å². The van der Waals surface area contributed by atoms with Gasteiger partial charge >= 0.3 is 0 Å². The zero-order valence-electron chi connectivity index (χ0n) is 19.6. The van der Waals surface area contributed by atoms with Gasteiger partial charge in [0.15, 0.2) is 5.82 Å². The van der Waals surface area contributed by atoms with E-state index >= 15 is 0 Å². The number of hydrogen-bond acceptors (Lipinski definition) is 4. The van der Waals surface area contributed by atoms with Gasteiger partial charge in [-0.1, -0.05) is 43.3 Å². The summed E-state index contributed by atoms with van der Waals surface area (Å²) in [5.74, 6) is 0.513. The van der Waals surface area contributed by atoms with Gasteiger partial charge in [0.2, 0.25) is 11.8 Å². The number of anilines is 2. The van der Waals surface area contributed by atoms with Gasteiger partial charge in [0, 0.05) is 30.1 Å². The molecule has 1 fully saturated rings. The first kappa shape index (κ1) is 21.8. The molecule has 7 heteroatoms. The minimum absolute atomic E-state index is 0.0231. The van der Waals surface area contributed by atoms with Crippen molar-refractivity contribution in [2.45, 2.75) is 33.6 Å². The Kier molecular flexibility index (Phi) is 5.61. The van der Waals surface area contributed by atoms with Gasteiger partial charge in [-0.05, 0) is 49.6 Å². The molecule has 4 aromatic rings. The molecule has 2 aromatic heterocycles. The summed E-state index contributed by atoms with van der Waals surface area (Å²) in [5.41, 5.74) is 4.72. The number of nitrogens with zero attached hydrogens (tertiary/aromatic N) is 4. The first-order valence-electron chi connectivity index (χ1n) is 11.6. The highest BCUT2D eigenvalue weighted by Crippen LogP contribution is 2.32. The molecule has 2 aromatic carbocycles. The van der Waals surface area contributed by atoms with Crippen LogP contribution in [0.3, 0.4) is 0 Å². The Morgan fingerprint density at radius 3 is 2.74 bits per heavy atom. The van der Waals surface area contributed by atoms with E-state index in [0.29, 0.717) is 18.2 Å². The van der Waals surface area contributed by atoms with E-state index in [1.165, 1.54) is 0 Å². The maximum Gasteiger partial charge on any atom is 0.230 e. The largest absolute Gasteiger partial charge is 0.311 e. The number of aryl methyl sites for hydroxylation is 3. The first-order chi connectivity index (χ1) is 16.4. The molecule has 1 N–H and O–H groups in total. The van der Waals surface area contributed by atoms with E-state index < -0.39 is 5.92 Å². The Morgan fingerprint density at radius 1 is 1.09 bits per heavy atom. The molecule has 0 aliphatic carbocycles. The molecule has 1 aliphatic rings. The highest BCUT2D eigenvalue weighted by molar-refractivity contribution is 6.04. The minimum Gasteiger partial charge on any atom is -0.311 e. The Hall–Kier alpha value is -4.00. The SMILES string of the molecule is CCc1cccc(C)c1N1CC(C(=O)Nc2cc(C)nn2-c2ccc3ccccc3n2)CC1=O. The molecule has 0 bridgehead atoms. The Bertz CT molecular complexity index is 1410. The number of aromatic nitrogens is 3. The number of fused-ring (bicyclic) bond motifs is 1. The van der Waals surface area contributed by atoms with E-state index in [9.17, 15) is 9.59 Å². The summed E-state index contributed by atoms with van der Waals surface area (Å²) in [6.45, 7) is 6.32. The van der Waals surface area contributed by atoms with Crippen LogP contribution in [-0.2, 0) is 16.0 Å². The molecule has 0 saturated carbocycles. The molecular formula is C27H27N5O2. The highest BCUT2D eigenvalue weighted by Gasteiger charge is 2.36. The summed E-state index contributed by atoms with van der Waals surface area (Å²) in [6, 6.07) is 19.6. The lowest BCUT2D eigenvalue weighted by Gasteiger charge is -2.22. The number of carbonyl (C=O) groups is 2. The molecule has 1 aliphatic heterocycles.